The van der Waals surface area contributed by atoms with Crippen molar-refractivity contribution in [3.8, 4) is 17.2 Å². The maximum absolute atomic E-state index is 12.9. The quantitative estimate of drug-likeness (QED) is 0.0682. The summed E-state index contributed by atoms with van der Waals surface area (Å²) in [4.78, 5) is 45.9. The van der Waals surface area contributed by atoms with Crippen molar-refractivity contribution in [2.45, 2.75) is 255 Å². The highest BCUT2D eigenvalue weighted by molar-refractivity contribution is 5.82. The Bertz CT molecular complexity index is 2570. The number of benzene rings is 3. The maximum Gasteiger partial charge on any atom is 0.227 e. The predicted octanol–water partition coefficient (Wildman–Crippen LogP) is 15.0. The second-order valence-electron chi connectivity index (χ2n) is 30.4. The van der Waals surface area contributed by atoms with E-state index in [1.807, 2.05) is 63.2 Å². The normalized spacial score (nSPS) is 21.9. The SMILES string of the molecule is C.C/C(=C\[C@@H](C)Cc1ccc(O)cc1)[C@H](C)C(=O)NC1CC(C)(C)N(C)C(C)(C)C1.C/C(=C\[C@H](C)Cc1ccc(O)cc1)[C@H](C)C(=O)NC1CC(C)(C)N(C)C(C)(C)C1.C[C@H](/C=C/[C@H](C)C(=O)NC1CC(C)(C)N(C)C(C)(C)C1)Cc1ccc(O)cc1. The number of hydrogen-bond acceptors (Lipinski definition) is 9. The van der Waals surface area contributed by atoms with E-state index in [1.165, 1.54) is 16.7 Å². The third-order valence-corrected chi connectivity index (χ3v) is 19.8. The molecule has 0 aromatic heterocycles. The van der Waals surface area contributed by atoms with Crippen molar-refractivity contribution in [3.63, 3.8) is 0 Å². The van der Waals surface area contributed by atoms with Crippen LogP contribution in [-0.4, -0.2) is 120 Å². The van der Waals surface area contributed by atoms with E-state index in [0.29, 0.717) is 29.3 Å². The molecule has 3 fully saturated rings. The Morgan fingerprint density at radius 2 is 0.655 bits per heavy atom. The minimum atomic E-state index is -0.145. The van der Waals surface area contributed by atoms with Crippen LogP contribution in [0.2, 0.25) is 0 Å². The monoisotopic (exact) mass is 1200 g/mol. The Morgan fingerprint density at radius 3 is 0.908 bits per heavy atom. The van der Waals surface area contributed by atoms with Crippen LogP contribution in [0.15, 0.2) is 108 Å². The van der Waals surface area contributed by atoms with Crippen LogP contribution in [-0.2, 0) is 33.6 Å². The number of nitrogens with zero attached hydrogens (tertiary/aromatic N) is 3. The first kappa shape index (κ1) is 75.8. The molecule has 0 saturated carbocycles. The lowest BCUT2D eigenvalue weighted by Crippen LogP contribution is -2.62. The van der Waals surface area contributed by atoms with Crippen molar-refractivity contribution in [1.82, 2.24) is 30.7 Å². The van der Waals surface area contributed by atoms with Gasteiger partial charge in [0.2, 0.25) is 17.7 Å². The summed E-state index contributed by atoms with van der Waals surface area (Å²) in [5, 5.41) is 38.2. The van der Waals surface area contributed by atoms with Crippen LogP contribution in [0, 0.1) is 35.5 Å². The molecule has 0 bridgehead atoms. The molecule has 3 saturated heterocycles. The average molecular weight is 1200 g/mol. The zero-order valence-electron chi connectivity index (χ0n) is 57.7. The number of carbonyl (C=O) groups excluding carboxylic acids is 3. The summed E-state index contributed by atoms with van der Waals surface area (Å²) in [6, 6.07) is 22.6. The number of carbonyl (C=O) groups is 3. The van der Waals surface area contributed by atoms with E-state index in [9.17, 15) is 29.7 Å². The number of nitrogens with one attached hydrogen (secondary N) is 3. The van der Waals surface area contributed by atoms with Crippen molar-refractivity contribution >= 4 is 17.7 Å². The standard InChI is InChI=1S/2C25H40N2O2.C24H38N2O2.CH4/c2*1-17(14-20-9-11-22(28)12-10-20)13-18(2)19(3)23(29)26-21-15-24(4,5)27(8)25(6,7)16-21;1-17(14-19-10-12-21(27)13-11-19)8-9-18(2)22(28)25-20-15-23(3,4)26(7)24(5,6)16-20;/h2*9-13,17,19,21,28H,14-16H2,1-8H3,(H,26,29);8-13,17-18,20,27H,14-16H2,1-7H3,(H,25,28);1H4/b2*18-13+;9-8+;/t17-,19+;17-,19-;17-,18+;/m101./s1. The van der Waals surface area contributed by atoms with Crippen LogP contribution in [0.1, 0.15) is 201 Å². The molecule has 488 valence electrons. The summed E-state index contributed by atoms with van der Waals surface area (Å²) in [6.45, 7) is 43.6. The number of phenols is 3. The van der Waals surface area contributed by atoms with E-state index >= 15 is 0 Å². The summed E-state index contributed by atoms with van der Waals surface area (Å²) in [5.41, 5.74) is 6.16. The Labute approximate surface area is 529 Å². The van der Waals surface area contributed by atoms with E-state index < -0.39 is 0 Å². The van der Waals surface area contributed by atoms with Gasteiger partial charge in [-0.05, 0) is 261 Å². The largest absolute Gasteiger partial charge is 0.508 e. The second kappa shape index (κ2) is 31.3. The highest BCUT2D eigenvalue weighted by Crippen LogP contribution is 2.40. The first-order valence-corrected chi connectivity index (χ1v) is 32.1. The van der Waals surface area contributed by atoms with Gasteiger partial charge in [0.1, 0.15) is 17.2 Å². The number of hydrogen-bond donors (Lipinski definition) is 6. The van der Waals surface area contributed by atoms with Gasteiger partial charge in [-0.1, -0.05) is 107 Å². The van der Waals surface area contributed by atoms with Crippen molar-refractivity contribution in [1.29, 1.82) is 0 Å². The first-order chi connectivity index (χ1) is 39.5. The Kier molecular flexibility index (Phi) is 27.3. The topological polar surface area (TPSA) is 158 Å². The van der Waals surface area contributed by atoms with Crippen molar-refractivity contribution in [3.05, 3.63) is 125 Å². The van der Waals surface area contributed by atoms with Gasteiger partial charge in [-0.3, -0.25) is 29.1 Å². The molecule has 0 spiro atoms. The molecular formula is C75H122N6O6. The van der Waals surface area contributed by atoms with Crippen LogP contribution in [0.4, 0.5) is 0 Å². The molecule has 3 aliphatic rings. The summed E-state index contributed by atoms with van der Waals surface area (Å²) in [5.74, 6) is 1.80. The number of phenolic OH excluding ortho intramolecular Hbond substituents is 3. The van der Waals surface area contributed by atoms with E-state index in [2.05, 4.69) is 188 Å². The van der Waals surface area contributed by atoms with E-state index in [1.54, 1.807) is 36.4 Å². The zero-order chi connectivity index (χ0) is 65.1. The van der Waals surface area contributed by atoms with Crippen LogP contribution < -0.4 is 16.0 Å². The van der Waals surface area contributed by atoms with Gasteiger partial charge in [-0.2, -0.15) is 0 Å². The molecule has 3 amide bonds. The third-order valence-electron chi connectivity index (χ3n) is 19.8. The highest BCUT2D eigenvalue weighted by Gasteiger charge is 2.46. The van der Waals surface area contributed by atoms with Gasteiger partial charge < -0.3 is 31.3 Å². The van der Waals surface area contributed by atoms with E-state index in [-0.39, 0.29) is 100 Å². The summed E-state index contributed by atoms with van der Waals surface area (Å²) in [7, 11) is 6.55. The van der Waals surface area contributed by atoms with Crippen molar-refractivity contribution < 1.29 is 29.7 Å². The predicted molar refractivity (Wildman–Crippen MR) is 365 cm³/mol. The summed E-state index contributed by atoms with van der Waals surface area (Å²) in [6.07, 6.45) is 17.0. The van der Waals surface area contributed by atoms with Crippen LogP contribution in [0.5, 0.6) is 17.2 Å². The molecule has 3 aliphatic heterocycles. The third kappa shape index (κ3) is 22.8. The van der Waals surface area contributed by atoms with Crippen molar-refractivity contribution in [2.24, 2.45) is 35.5 Å². The zero-order valence-corrected chi connectivity index (χ0v) is 57.7. The number of allylic oxidation sites excluding steroid dienone is 3. The van der Waals surface area contributed by atoms with Crippen LogP contribution in [0.25, 0.3) is 0 Å². The number of aromatic hydroxyl groups is 3. The molecule has 3 aromatic rings. The molecule has 0 unspecified atom stereocenters. The molecule has 6 atom stereocenters. The fraction of sp³-hybridized carbons (Fsp3) is 0.640. The number of piperidine rings is 3. The first-order valence-electron chi connectivity index (χ1n) is 32.1. The molecule has 0 aliphatic carbocycles. The Hall–Kier alpha value is -5.43. The maximum atomic E-state index is 12.9. The molecular weight excluding hydrogens is 1080 g/mol. The van der Waals surface area contributed by atoms with Gasteiger partial charge in [0.25, 0.3) is 0 Å². The van der Waals surface area contributed by atoms with Gasteiger partial charge in [-0.15, -0.1) is 0 Å². The Balaban J connectivity index is 0.000000340. The number of amides is 3. The molecule has 3 heterocycles. The lowest BCUT2D eigenvalue weighted by Gasteiger charge is -2.53. The minimum Gasteiger partial charge on any atom is -0.508 e. The highest BCUT2D eigenvalue weighted by atomic mass is 16.3. The summed E-state index contributed by atoms with van der Waals surface area (Å²) >= 11 is 0. The molecule has 6 rings (SSSR count). The van der Waals surface area contributed by atoms with Crippen LogP contribution in [0.3, 0.4) is 0 Å². The van der Waals surface area contributed by atoms with Gasteiger partial charge in [0, 0.05) is 51.4 Å². The van der Waals surface area contributed by atoms with E-state index in [0.717, 1.165) is 68.9 Å². The lowest BCUT2D eigenvalue weighted by molar-refractivity contribution is -0.126. The fourth-order valence-corrected chi connectivity index (χ4v) is 13.6. The van der Waals surface area contributed by atoms with Crippen LogP contribution >= 0.6 is 0 Å². The second-order valence-corrected chi connectivity index (χ2v) is 30.4. The molecule has 3 aromatic carbocycles. The molecule has 6 N–H and O–H groups in total. The smallest absolute Gasteiger partial charge is 0.227 e. The van der Waals surface area contributed by atoms with Gasteiger partial charge in [0.15, 0.2) is 0 Å². The van der Waals surface area contributed by atoms with Gasteiger partial charge in [-0.25, -0.2) is 0 Å². The van der Waals surface area contributed by atoms with Gasteiger partial charge >= 0.3 is 0 Å². The minimum absolute atomic E-state index is 0. The van der Waals surface area contributed by atoms with Gasteiger partial charge in [0.05, 0.1) is 17.8 Å². The average Bonchev–Trinajstić information content (AvgIpc) is 1.21. The van der Waals surface area contributed by atoms with Crippen molar-refractivity contribution in [2.75, 3.05) is 21.1 Å². The van der Waals surface area contributed by atoms with E-state index in [4.69, 9.17) is 0 Å². The fourth-order valence-electron chi connectivity index (χ4n) is 13.6. The summed E-state index contributed by atoms with van der Waals surface area (Å²) < 4.78 is 0. The Morgan fingerprint density at radius 1 is 0.425 bits per heavy atom. The number of likely N-dealkylation sites (tertiary alicyclic amines) is 3. The molecule has 12 nitrogen and oxygen atoms in total. The molecule has 0 radical (unpaired) electrons. The lowest BCUT2D eigenvalue weighted by atomic mass is 9.77. The molecule has 12 heteroatoms. The molecule has 87 heavy (non-hydrogen) atoms. The number of rotatable bonds is 18.